The molecule has 0 bridgehead atoms. The summed E-state index contributed by atoms with van der Waals surface area (Å²) in [7, 11) is 0. The van der Waals surface area contributed by atoms with E-state index >= 15 is 0 Å². The summed E-state index contributed by atoms with van der Waals surface area (Å²) in [5, 5.41) is 22.0. The van der Waals surface area contributed by atoms with Crippen LogP contribution in [0.15, 0.2) is 24.4 Å². The molecule has 0 saturated heterocycles. The van der Waals surface area contributed by atoms with Gasteiger partial charge < -0.3 is 15.5 Å². The lowest BCUT2D eigenvalue weighted by molar-refractivity contribution is 0.0144. The zero-order valence-corrected chi connectivity index (χ0v) is 9.58. The van der Waals surface area contributed by atoms with E-state index in [-0.39, 0.29) is 11.8 Å². The van der Waals surface area contributed by atoms with Crippen LogP contribution < -0.4 is 5.32 Å². The maximum atomic E-state index is 11.8. The van der Waals surface area contributed by atoms with E-state index in [9.17, 15) is 15.0 Å². The molecule has 17 heavy (non-hydrogen) atoms. The standard InChI is InChI=1S/C12H16N2O3/c1-7-6-9(11(16)10(7)15)14-12(17)8-4-2-3-5-13-8/h2-5,7,9-11,15-16H,6H2,1H3,(H,14,17)/t7-,9-,10-,11+/m1/s1. The average molecular weight is 236 g/mol. The number of rotatable bonds is 2. The SMILES string of the molecule is C[C@@H]1C[C@@H](NC(=O)c2ccccn2)[C@H](O)[C@@H]1O. The lowest BCUT2D eigenvalue weighted by Gasteiger charge is -2.17. The number of amides is 1. The van der Waals surface area contributed by atoms with Crippen LogP contribution in [0, 0.1) is 5.92 Å². The number of nitrogens with zero attached hydrogens (tertiary/aromatic N) is 1. The molecule has 5 nitrogen and oxygen atoms in total. The van der Waals surface area contributed by atoms with Crippen LogP contribution in [-0.2, 0) is 0 Å². The van der Waals surface area contributed by atoms with E-state index < -0.39 is 18.2 Å². The summed E-state index contributed by atoms with van der Waals surface area (Å²) in [5.74, 6) is -0.338. The third-order valence-electron chi connectivity index (χ3n) is 3.18. The Labute approximate surface area is 99.5 Å². The van der Waals surface area contributed by atoms with Gasteiger partial charge >= 0.3 is 0 Å². The van der Waals surface area contributed by atoms with Crippen LogP contribution in [0.5, 0.6) is 0 Å². The molecule has 1 amide bonds. The van der Waals surface area contributed by atoms with Crippen molar-refractivity contribution in [3.8, 4) is 0 Å². The van der Waals surface area contributed by atoms with Gasteiger partial charge in [0.15, 0.2) is 0 Å². The molecule has 0 unspecified atom stereocenters. The van der Waals surface area contributed by atoms with Gasteiger partial charge in [-0.15, -0.1) is 0 Å². The topological polar surface area (TPSA) is 82.5 Å². The number of pyridine rings is 1. The van der Waals surface area contributed by atoms with Gasteiger partial charge in [-0.1, -0.05) is 13.0 Å². The molecule has 1 aromatic heterocycles. The number of nitrogens with one attached hydrogen (secondary N) is 1. The van der Waals surface area contributed by atoms with Gasteiger partial charge in [0, 0.05) is 6.20 Å². The number of carbonyl (C=O) groups is 1. The van der Waals surface area contributed by atoms with Crippen molar-refractivity contribution < 1.29 is 15.0 Å². The van der Waals surface area contributed by atoms with Gasteiger partial charge in [0.2, 0.25) is 0 Å². The molecule has 1 fully saturated rings. The molecule has 0 aromatic carbocycles. The Morgan fingerprint density at radius 2 is 2.18 bits per heavy atom. The fourth-order valence-corrected chi connectivity index (χ4v) is 2.14. The van der Waals surface area contributed by atoms with E-state index in [0.29, 0.717) is 12.1 Å². The number of aromatic nitrogens is 1. The van der Waals surface area contributed by atoms with Crippen molar-refractivity contribution in [2.75, 3.05) is 0 Å². The van der Waals surface area contributed by atoms with Crippen molar-refractivity contribution >= 4 is 5.91 Å². The number of hydrogen-bond donors (Lipinski definition) is 3. The molecule has 3 N–H and O–H groups in total. The highest BCUT2D eigenvalue weighted by molar-refractivity contribution is 5.92. The predicted octanol–water partition coefficient (Wildman–Crippen LogP) is -0.0584. The molecule has 2 rings (SSSR count). The summed E-state index contributed by atoms with van der Waals surface area (Å²) in [6, 6.07) is 4.66. The first kappa shape index (κ1) is 12.0. The Morgan fingerprint density at radius 3 is 2.71 bits per heavy atom. The molecule has 1 aliphatic carbocycles. The first-order valence-corrected chi connectivity index (χ1v) is 5.67. The van der Waals surface area contributed by atoms with E-state index in [4.69, 9.17) is 0 Å². The quantitative estimate of drug-likeness (QED) is 0.672. The van der Waals surface area contributed by atoms with Crippen LogP contribution in [0.25, 0.3) is 0 Å². The van der Waals surface area contributed by atoms with Gasteiger partial charge in [-0.05, 0) is 24.5 Å². The number of aliphatic hydroxyl groups excluding tert-OH is 2. The van der Waals surface area contributed by atoms with Crippen LogP contribution in [0.4, 0.5) is 0 Å². The van der Waals surface area contributed by atoms with Crippen LogP contribution >= 0.6 is 0 Å². The fourth-order valence-electron chi connectivity index (χ4n) is 2.14. The highest BCUT2D eigenvalue weighted by Crippen LogP contribution is 2.26. The minimum absolute atomic E-state index is 0.0148. The summed E-state index contributed by atoms with van der Waals surface area (Å²) in [6.07, 6.45) is 0.431. The smallest absolute Gasteiger partial charge is 0.270 e. The molecule has 1 aromatic rings. The molecule has 1 saturated carbocycles. The monoisotopic (exact) mass is 236 g/mol. The summed E-state index contributed by atoms with van der Waals surface area (Å²) >= 11 is 0. The predicted molar refractivity (Wildman–Crippen MR) is 61.3 cm³/mol. The molecule has 0 aliphatic heterocycles. The molecule has 5 heteroatoms. The van der Waals surface area contributed by atoms with Gasteiger partial charge in [-0.2, -0.15) is 0 Å². The largest absolute Gasteiger partial charge is 0.390 e. The number of carbonyl (C=O) groups excluding carboxylic acids is 1. The van der Waals surface area contributed by atoms with E-state index in [0.717, 1.165) is 0 Å². The Kier molecular flexibility index (Phi) is 3.40. The Balaban J connectivity index is 2.01. The van der Waals surface area contributed by atoms with Crippen LogP contribution in [0.1, 0.15) is 23.8 Å². The van der Waals surface area contributed by atoms with Crippen LogP contribution in [0.2, 0.25) is 0 Å². The second-order valence-corrected chi connectivity index (χ2v) is 4.49. The summed E-state index contributed by atoms with van der Waals surface area (Å²) < 4.78 is 0. The third kappa shape index (κ3) is 2.45. The van der Waals surface area contributed by atoms with Crippen molar-refractivity contribution in [1.82, 2.24) is 10.3 Å². The first-order valence-electron chi connectivity index (χ1n) is 5.67. The highest BCUT2D eigenvalue weighted by Gasteiger charge is 2.39. The zero-order valence-electron chi connectivity index (χ0n) is 9.58. The van der Waals surface area contributed by atoms with Crippen LogP contribution in [-0.4, -0.2) is 39.4 Å². The van der Waals surface area contributed by atoms with Crippen LogP contribution in [0.3, 0.4) is 0 Å². The second kappa shape index (κ2) is 4.81. The summed E-state index contributed by atoms with van der Waals surface area (Å²) in [6.45, 7) is 1.85. The summed E-state index contributed by atoms with van der Waals surface area (Å²) in [4.78, 5) is 15.7. The third-order valence-corrected chi connectivity index (χ3v) is 3.18. The molecule has 1 aliphatic rings. The van der Waals surface area contributed by atoms with Crippen molar-refractivity contribution in [3.63, 3.8) is 0 Å². The lowest BCUT2D eigenvalue weighted by atomic mass is 10.1. The second-order valence-electron chi connectivity index (χ2n) is 4.49. The Hall–Kier alpha value is -1.46. The molecule has 4 atom stereocenters. The molecule has 0 radical (unpaired) electrons. The molecular weight excluding hydrogens is 220 g/mol. The molecule has 1 heterocycles. The minimum Gasteiger partial charge on any atom is -0.390 e. The fraction of sp³-hybridized carbons (Fsp3) is 0.500. The van der Waals surface area contributed by atoms with Crippen molar-refractivity contribution in [1.29, 1.82) is 0 Å². The van der Waals surface area contributed by atoms with Crippen molar-refractivity contribution in [2.45, 2.75) is 31.6 Å². The Morgan fingerprint density at radius 1 is 1.41 bits per heavy atom. The van der Waals surface area contributed by atoms with Gasteiger partial charge in [0.05, 0.1) is 12.1 Å². The van der Waals surface area contributed by atoms with Crippen molar-refractivity contribution in [3.05, 3.63) is 30.1 Å². The highest BCUT2D eigenvalue weighted by atomic mass is 16.3. The maximum Gasteiger partial charge on any atom is 0.270 e. The van der Waals surface area contributed by atoms with Gasteiger partial charge in [0.1, 0.15) is 11.8 Å². The summed E-state index contributed by atoms with van der Waals surface area (Å²) in [5.41, 5.74) is 0.314. The van der Waals surface area contributed by atoms with Crippen molar-refractivity contribution in [2.24, 2.45) is 5.92 Å². The minimum atomic E-state index is -0.905. The molecule has 92 valence electrons. The van der Waals surface area contributed by atoms with E-state index in [1.165, 1.54) is 6.20 Å². The zero-order chi connectivity index (χ0) is 12.4. The van der Waals surface area contributed by atoms with Gasteiger partial charge in [-0.25, -0.2) is 0 Å². The van der Waals surface area contributed by atoms with E-state index in [2.05, 4.69) is 10.3 Å². The van der Waals surface area contributed by atoms with Gasteiger partial charge in [-0.3, -0.25) is 9.78 Å². The maximum absolute atomic E-state index is 11.8. The average Bonchev–Trinajstić information content (AvgIpc) is 2.58. The van der Waals surface area contributed by atoms with Gasteiger partial charge in [0.25, 0.3) is 5.91 Å². The molecule has 0 spiro atoms. The number of aliphatic hydroxyl groups is 2. The normalized spacial score (nSPS) is 32.4. The number of hydrogen-bond acceptors (Lipinski definition) is 4. The Bertz CT molecular complexity index is 396. The lowest BCUT2D eigenvalue weighted by Crippen LogP contribution is -2.43. The van der Waals surface area contributed by atoms with E-state index in [1.807, 2.05) is 6.92 Å². The van der Waals surface area contributed by atoms with E-state index in [1.54, 1.807) is 18.2 Å². The molecular formula is C12H16N2O3. The first-order chi connectivity index (χ1) is 8.09.